The Bertz CT molecular complexity index is 907. The maximum Gasteiger partial charge on any atom is 0.0468 e. The van der Waals surface area contributed by atoms with Crippen molar-refractivity contribution in [1.82, 2.24) is 20.6 Å². The van der Waals surface area contributed by atoms with Crippen molar-refractivity contribution in [2.24, 2.45) is 0 Å². The van der Waals surface area contributed by atoms with Gasteiger partial charge in [-0.2, -0.15) is 0 Å². The number of aromatic amines is 2. The van der Waals surface area contributed by atoms with Crippen molar-refractivity contribution in [1.29, 1.82) is 0 Å². The zero-order valence-corrected chi connectivity index (χ0v) is 13.3. The molecule has 0 radical (unpaired) electrons. The van der Waals surface area contributed by atoms with Gasteiger partial charge in [-0.25, -0.2) is 0 Å². The second-order valence-electron chi connectivity index (χ2n) is 6.50. The lowest BCUT2D eigenvalue weighted by molar-refractivity contribution is 0.359. The van der Waals surface area contributed by atoms with Gasteiger partial charge in [-0.3, -0.25) is 0 Å². The molecule has 1 aliphatic heterocycles. The minimum atomic E-state index is 0.336. The van der Waals surface area contributed by atoms with Crippen LogP contribution < -0.4 is 10.6 Å². The van der Waals surface area contributed by atoms with Crippen LogP contribution in [-0.2, 0) is 0 Å². The molecule has 0 aliphatic carbocycles. The van der Waals surface area contributed by atoms with Crippen molar-refractivity contribution in [2.45, 2.75) is 12.1 Å². The lowest BCUT2D eigenvalue weighted by atomic mass is 9.99. The van der Waals surface area contributed by atoms with Crippen LogP contribution in [0.15, 0.2) is 60.9 Å². The van der Waals surface area contributed by atoms with Gasteiger partial charge in [0.25, 0.3) is 0 Å². The highest BCUT2D eigenvalue weighted by molar-refractivity contribution is 5.84. The van der Waals surface area contributed by atoms with Gasteiger partial charge in [0.2, 0.25) is 0 Å². The molecule has 0 amide bonds. The van der Waals surface area contributed by atoms with Crippen molar-refractivity contribution < 1.29 is 0 Å². The van der Waals surface area contributed by atoms with E-state index in [1.54, 1.807) is 0 Å². The Morgan fingerprint density at radius 3 is 1.54 bits per heavy atom. The van der Waals surface area contributed by atoms with Gasteiger partial charge < -0.3 is 20.6 Å². The molecule has 0 spiro atoms. The summed E-state index contributed by atoms with van der Waals surface area (Å²) in [6.45, 7) is 1.85. The van der Waals surface area contributed by atoms with E-state index in [2.05, 4.69) is 81.5 Å². The van der Waals surface area contributed by atoms with Crippen molar-refractivity contribution in [3.8, 4) is 0 Å². The average molecular weight is 316 g/mol. The number of rotatable bonds is 2. The fourth-order valence-corrected chi connectivity index (χ4v) is 3.87. The van der Waals surface area contributed by atoms with Gasteiger partial charge in [-0.1, -0.05) is 36.4 Å². The molecule has 0 saturated carbocycles. The van der Waals surface area contributed by atoms with Crippen LogP contribution in [0, 0.1) is 0 Å². The molecular weight excluding hydrogens is 296 g/mol. The molecular formula is C20H20N4. The van der Waals surface area contributed by atoms with Crippen molar-refractivity contribution >= 4 is 21.8 Å². The molecule has 4 N–H and O–H groups in total. The van der Waals surface area contributed by atoms with E-state index >= 15 is 0 Å². The second kappa shape index (κ2) is 5.51. The summed E-state index contributed by atoms with van der Waals surface area (Å²) >= 11 is 0. The monoisotopic (exact) mass is 316 g/mol. The van der Waals surface area contributed by atoms with Crippen molar-refractivity contribution in [2.75, 3.05) is 13.1 Å². The number of piperazine rings is 1. The van der Waals surface area contributed by atoms with Crippen LogP contribution in [0.3, 0.4) is 0 Å². The molecule has 1 fully saturated rings. The van der Waals surface area contributed by atoms with Crippen molar-refractivity contribution in [3.05, 3.63) is 72.1 Å². The van der Waals surface area contributed by atoms with Crippen LogP contribution >= 0.6 is 0 Å². The van der Waals surface area contributed by atoms with Gasteiger partial charge in [0, 0.05) is 59.4 Å². The highest BCUT2D eigenvalue weighted by Gasteiger charge is 2.25. The number of aromatic nitrogens is 2. The second-order valence-corrected chi connectivity index (χ2v) is 6.50. The molecule has 3 heterocycles. The lowest BCUT2D eigenvalue weighted by Gasteiger charge is -2.31. The normalized spacial score (nSPS) is 21.5. The number of hydrogen-bond acceptors (Lipinski definition) is 2. The first-order valence-corrected chi connectivity index (χ1v) is 8.49. The largest absolute Gasteiger partial charge is 0.361 e. The molecule has 5 rings (SSSR count). The van der Waals surface area contributed by atoms with E-state index in [-0.39, 0.29) is 0 Å². The Labute approximate surface area is 140 Å². The molecule has 1 saturated heterocycles. The van der Waals surface area contributed by atoms with Gasteiger partial charge in [-0.05, 0) is 23.3 Å². The third-order valence-electron chi connectivity index (χ3n) is 5.13. The summed E-state index contributed by atoms with van der Waals surface area (Å²) < 4.78 is 0. The smallest absolute Gasteiger partial charge is 0.0468 e. The molecule has 1 aliphatic rings. The number of H-pyrrole nitrogens is 2. The molecule has 4 heteroatoms. The van der Waals surface area contributed by atoms with Crippen LogP contribution in [-0.4, -0.2) is 23.1 Å². The van der Waals surface area contributed by atoms with E-state index in [1.165, 1.54) is 32.9 Å². The van der Waals surface area contributed by atoms with Gasteiger partial charge in [0.05, 0.1) is 0 Å². The molecule has 4 nitrogen and oxygen atoms in total. The Morgan fingerprint density at radius 2 is 1.08 bits per heavy atom. The van der Waals surface area contributed by atoms with E-state index < -0.39 is 0 Å². The minimum Gasteiger partial charge on any atom is -0.361 e. The fraction of sp³-hybridized carbons (Fsp3) is 0.200. The number of para-hydroxylation sites is 2. The molecule has 2 atom stereocenters. The van der Waals surface area contributed by atoms with E-state index in [9.17, 15) is 0 Å². The quantitative estimate of drug-likeness (QED) is 0.456. The number of benzene rings is 2. The zero-order chi connectivity index (χ0) is 15.9. The van der Waals surface area contributed by atoms with Crippen LogP contribution in [0.2, 0.25) is 0 Å². The Balaban J connectivity index is 1.39. The number of fused-ring (bicyclic) bond motifs is 2. The summed E-state index contributed by atoms with van der Waals surface area (Å²) in [6, 6.07) is 17.7. The summed E-state index contributed by atoms with van der Waals surface area (Å²) in [5.41, 5.74) is 5.09. The molecule has 24 heavy (non-hydrogen) atoms. The highest BCUT2D eigenvalue weighted by Crippen LogP contribution is 2.29. The summed E-state index contributed by atoms with van der Waals surface area (Å²) in [5, 5.41) is 10.1. The SMILES string of the molecule is c1ccc2c(C3CNC(c4c[nH]c5ccccc45)CN3)c[nH]c2c1. The molecule has 2 unspecified atom stereocenters. The first-order chi connectivity index (χ1) is 11.9. The topological polar surface area (TPSA) is 55.6 Å². The first-order valence-electron chi connectivity index (χ1n) is 8.49. The summed E-state index contributed by atoms with van der Waals surface area (Å²) in [5.74, 6) is 0. The maximum absolute atomic E-state index is 3.72. The predicted molar refractivity (Wildman–Crippen MR) is 98.1 cm³/mol. The third kappa shape index (κ3) is 2.15. The standard InChI is InChI=1S/C20H20N4/c1-3-7-17-13(5-1)15(9-21-17)19-11-24-20(12-23-19)16-10-22-18-8-4-2-6-14(16)18/h1-10,19-24H,11-12H2. The van der Waals surface area contributed by atoms with Gasteiger partial charge >= 0.3 is 0 Å². The average Bonchev–Trinajstić information content (AvgIpc) is 3.26. The zero-order valence-electron chi connectivity index (χ0n) is 13.3. The van der Waals surface area contributed by atoms with Crippen LogP contribution in [0.4, 0.5) is 0 Å². The minimum absolute atomic E-state index is 0.336. The van der Waals surface area contributed by atoms with Crippen LogP contribution in [0.1, 0.15) is 23.2 Å². The van der Waals surface area contributed by atoms with Crippen LogP contribution in [0.25, 0.3) is 21.8 Å². The lowest BCUT2D eigenvalue weighted by Crippen LogP contribution is -2.44. The molecule has 2 aromatic heterocycles. The van der Waals surface area contributed by atoms with Crippen molar-refractivity contribution in [3.63, 3.8) is 0 Å². The molecule has 120 valence electrons. The van der Waals surface area contributed by atoms with E-state index in [4.69, 9.17) is 0 Å². The third-order valence-corrected chi connectivity index (χ3v) is 5.13. The van der Waals surface area contributed by atoms with E-state index in [1.807, 2.05) is 0 Å². The maximum atomic E-state index is 3.72. The molecule has 2 aromatic carbocycles. The van der Waals surface area contributed by atoms with Gasteiger partial charge in [0.15, 0.2) is 0 Å². The summed E-state index contributed by atoms with van der Waals surface area (Å²) in [6.07, 6.45) is 4.27. The summed E-state index contributed by atoms with van der Waals surface area (Å²) in [7, 11) is 0. The highest BCUT2D eigenvalue weighted by atomic mass is 15.1. The van der Waals surface area contributed by atoms with Gasteiger partial charge in [0.1, 0.15) is 0 Å². The predicted octanol–water partition coefficient (Wildman–Crippen LogP) is 3.62. The van der Waals surface area contributed by atoms with E-state index in [0.717, 1.165) is 13.1 Å². The molecule has 4 aromatic rings. The molecule has 0 bridgehead atoms. The van der Waals surface area contributed by atoms with Crippen LogP contribution in [0.5, 0.6) is 0 Å². The first kappa shape index (κ1) is 13.8. The Hall–Kier alpha value is -2.56. The summed E-state index contributed by atoms with van der Waals surface area (Å²) in [4.78, 5) is 6.75. The number of nitrogens with one attached hydrogen (secondary N) is 4. The fourth-order valence-electron chi connectivity index (χ4n) is 3.87. The van der Waals surface area contributed by atoms with Gasteiger partial charge in [-0.15, -0.1) is 0 Å². The Morgan fingerprint density at radius 1 is 0.625 bits per heavy atom. The number of hydrogen-bond donors (Lipinski definition) is 4. The van der Waals surface area contributed by atoms with E-state index in [0.29, 0.717) is 12.1 Å². The Kier molecular flexibility index (Phi) is 3.18.